The summed E-state index contributed by atoms with van der Waals surface area (Å²) in [5.41, 5.74) is 5.27. The number of aryl methyl sites for hydroxylation is 2. The quantitative estimate of drug-likeness (QED) is 0.683. The van der Waals surface area contributed by atoms with Crippen LogP contribution in [0.25, 0.3) is 5.57 Å². The second-order valence-corrected chi connectivity index (χ2v) is 3.88. The molecule has 0 N–H and O–H groups in total. The maximum Gasteiger partial charge on any atom is 0.119 e. The third kappa shape index (κ3) is 2.28. The van der Waals surface area contributed by atoms with Crippen LogP contribution in [0.15, 0.2) is 17.7 Å². The van der Waals surface area contributed by atoms with Crippen molar-refractivity contribution >= 4 is 5.57 Å². The van der Waals surface area contributed by atoms with Gasteiger partial charge in [-0.25, -0.2) is 0 Å². The first-order valence-corrected chi connectivity index (χ1v) is 5.16. The molecule has 1 radical (unpaired) electrons. The average Bonchev–Trinajstić information content (AvgIpc) is 2.26. The number of terminal acetylenes is 1. The maximum absolute atomic E-state index is 5.37. The number of ether oxygens (including phenoxy) is 1. The number of methoxy groups -OCH3 is 1. The van der Waals surface area contributed by atoms with E-state index in [0.717, 1.165) is 28.0 Å². The normalized spacial score (nSPS) is 11.8. The molecular weight excluding hydrogens is 196 g/mol. The Bertz CT molecular complexity index is 450. The molecule has 0 saturated carbocycles. The second-order valence-electron chi connectivity index (χ2n) is 3.88. The number of benzene rings is 1. The monoisotopic (exact) mass is 213 g/mol. The van der Waals surface area contributed by atoms with E-state index in [2.05, 4.69) is 26.7 Å². The van der Waals surface area contributed by atoms with Crippen molar-refractivity contribution in [1.29, 1.82) is 0 Å². The van der Waals surface area contributed by atoms with Gasteiger partial charge in [-0.15, -0.1) is 6.42 Å². The molecule has 0 heterocycles. The van der Waals surface area contributed by atoms with Gasteiger partial charge in [0.05, 0.1) is 7.11 Å². The van der Waals surface area contributed by atoms with E-state index in [4.69, 9.17) is 11.2 Å². The van der Waals surface area contributed by atoms with Gasteiger partial charge < -0.3 is 4.74 Å². The molecule has 0 aromatic heterocycles. The first-order valence-electron chi connectivity index (χ1n) is 5.16. The lowest BCUT2D eigenvalue weighted by atomic mass is 9.93. The van der Waals surface area contributed by atoms with Crippen LogP contribution >= 0.6 is 0 Å². The second kappa shape index (κ2) is 4.90. The third-order valence-electron chi connectivity index (χ3n) is 2.74. The molecule has 0 amide bonds. The fraction of sp³-hybridized carbons (Fsp3) is 0.267. The van der Waals surface area contributed by atoms with Crippen LogP contribution in [0.1, 0.15) is 23.6 Å². The maximum atomic E-state index is 5.37. The van der Waals surface area contributed by atoms with E-state index >= 15 is 0 Å². The SMILES string of the molecule is C#CC([CH2])=C(C)c1c(C)cc(OC)cc1C. The zero-order valence-electron chi connectivity index (χ0n) is 10.3. The number of rotatable bonds is 2. The van der Waals surface area contributed by atoms with Crippen molar-refractivity contribution in [3.63, 3.8) is 0 Å². The first-order chi connectivity index (χ1) is 7.51. The van der Waals surface area contributed by atoms with Crippen LogP contribution < -0.4 is 4.74 Å². The molecule has 0 aliphatic carbocycles. The van der Waals surface area contributed by atoms with E-state index in [-0.39, 0.29) is 0 Å². The molecule has 0 unspecified atom stereocenters. The molecule has 0 bridgehead atoms. The van der Waals surface area contributed by atoms with Crippen LogP contribution in [-0.4, -0.2) is 7.11 Å². The summed E-state index contributed by atoms with van der Waals surface area (Å²) < 4.78 is 5.23. The first kappa shape index (κ1) is 12.4. The van der Waals surface area contributed by atoms with Gasteiger partial charge in [-0.3, -0.25) is 0 Å². The Morgan fingerprint density at radius 2 is 1.81 bits per heavy atom. The van der Waals surface area contributed by atoms with E-state index in [1.165, 1.54) is 5.56 Å². The predicted molar refractivity (Wildman–Crippen MR) is 69.3 cm³/mol. The van der Waals surface area contributed by atoms with Gasteiger partial charge in [0.1, 0.15) is 5.75 Å². The summed E-state index contributed by atoms with van der Waals surface area (Å²) in [6, 6.07) is 4.02. The van der Waals surface area contributed by atoms with Crippen LogP contribution in [0.4, 0.5) is 0 Å². The van der Waals surface area contributed by atoms with Crippen molar-refractivity contribution < 1.29 is 4.74 Å². The Labute approximate surface area is 98.1 Å². The van der Waals surface area contributed by atoms with Crippen LogP contribution in [0.2, 0.25) is 0 Å². The third-order valence-corrected chi connectivity index (χ3v) is 2.74. The lowest BCUT2D eigenvalue weighted by molar-refractivity contribution is 0.414. The van der Waals surface area contributed by atoms with Gasteiger partial charge in [0, 0.05) is 5.57 Å². The van der Waals surface area contributed by atoms with Gasteiger partial charge >= 0.3 is 0 Å². The summed E-state index contributed by atoms with van der Waals surface area (Å²) in [7, 11) is 1.67. The summed E-state index contributed by atoms with van der Waals surface area (Å²) in [5, 5.41) is 0. The standard InChI is InChI=1S/C15H17O/c1-7-10(2)13(5)15-11(3)8-14(16-6)9-12(15)4/h1,8-9H,2H2,3-6H3. The van der Waals surface area contributed by atoms with Gasteiger partial charge in [-0.05, 0) is 62.1 Å². The molecule has 0 aliphatic heterocycles. The summed E-state index contributed by atoms with van der Waals surface area (Å²) >= 11 is 0. The van der Waals surface area contributed by atoms with Gasteiger partial charge in [0.2, 0.25) is 0 Å². The molecule has 1 aromatic carbocycles. The van der Waals surface area contributed by atoms with Crippen molar-refractivity contribution in [1.82, 2.24) is 0 Å². The Kier molecular flexibility index (Phi) is 3.79. The summed E-state index contributed by atoms with van der Waals surface area (Å²) in [4.78, 5) is 0. The molecule has 1 heteroatoms. The lowest BCUT2D eigenvalue weighted by Gasteiger charge is -2.13. The smallest absolute Gasteiger partial charge is 0.119 e. The highest BCUT2D eigenvalue weighted by atomic mass is 16.5. The molecule has 83 valence electrons. The Balaban J connectivity index is 3.43. The van der Waals surface area contributed by atoms with Crippen molar-refractivity contribution in [3.8, 4) is 18.1 Å². The molecule has 1 nitrogen and oxygen atoms in total. The highest BCUT2D eigenvalue weighted by Crippen LogP contribution is 2.28. The Hall–Kier alpha value is -1.68. The van der Waals surface area contributed by atoms with E-state index < -0.39 is 0 Å². The highest BCUT2D eigenvalue weighted by Gasteiger charge is 2.08. The van der Waals surface area contributed by atoms with Crippen molar-refractivity contribution in [2.75, 3.05) is 7.11 Å². The fourth-order valence-corrected chi connectivity index (χ4v) is 1.89. The van der Waals surface area contributed by atoms with E-state index in [1.807, 2.05) is 19.1 Å². The molecule has 16 heavy (non-hydrogen) atoms. The van der Waals surface area contributed by atoms with Gasteiger partial charge in [-0.1, -0.05) is 5.92 Å². The predicted octanol–water partition coefficient (Wildman–Crippen LogP) is 3.55. The van der Waals surface area contributed by atoms with Gasteiger partial charge in [-0.2, -0.15) is 0 Å². The Morgan fingerprint density at radius 3 is 2.19 bits per heavy atom. The largest absolute Gasteiger partial charge is 0.497 e. The van der Waals surface area contributed by atoms with Crippen molar-refractivity contribution in [2.45, 2.75) is 20.8 Å². The molecule has 0 aliphatic rings. The van der Waals surface area contributed by atoms with Crippen molar-refractivity contribution in [3.05, 3.63) is 41.3 Å². The fourth-order valence-electron chi connectivity index (χ4n) is 1.89. The van der Waals surface area contributed by atoms with Crippen LogP contribution in [-0.2, 0) is 0 Å². The minimum atomic E-state index is 0.733. The minimum absolute atomic E-state index is 0.733. The summed E-state index contributed by atoms with van der Waals surface area (Å²) in [5.74, 6) is 3.46. The van der Waals surface area contributed by atoms with Crippen molar-refractivity contribution in [2.24, 2.45) is 0 Å². The van der Waals surface area contributed by atoms with E-state index in [0.29, 0.717) is 0 Å². The summed E-state index contributed by atoms with van der Waals surface area (Å²) in [6.45, 7) is 9.98. The molecular formula is C15H17O. The Morgan fingerprint density at radius 1 is 1.31 bits per heavy atom. The molecule has 0 atom stereocenters. The van der Waals surface area contributed by atoms with Gasteiger partial charge in [0.15, 0.2) is 0 Å². The molecule has 0 fully saturated rings. The average molecular weight is 213 g/mol. The topological polar surface area (TPSA) is 9.23 Å². The number of hydrogen-bond acceptors (Lipinski definition) is 1. The number of hydrogen-bond donors (Lipinski definition) is 0. The van der Waals surface area contributed by atoms with Crippen LogP contribution in [0, 0.1) is 33.1 Å². The zero-order chi connectivity index (χ0) is 12.3. The zero-order valence-corrected chi connectivity index (χ0v) is 10.3. The summed E-state index contributed by atoms with van der Waals surface area (Å²) in [6.07, 6.45) is 5.37. The van der Waals surface area contributed by atoms with E-state index in [1.54, 1.807) is 7.11 Å². The molecule has 1 aromatic rings. The van der Waals surface area contributed by atoms with Crippen LogP contribution in [0.5, 0.6) is 5.75 Å². The molecule has 0 spiro atoms. The molecule has 0 saturated heterocycles. The van der Waals surface area contributed by atoms with Gasteiger partial charge in [0.25, 0.3) is 0 Å². The highest BCUT2D eigenvalue weighted by molar-refractivity contribution is 5.76. The van der Waals surface area contributed by atoms with E-state index in [9.17, 15) is 0 Å². The minimum Gasteiger partial charge on any atom is -0.497 e. The number of allylic oxidation sites excluding steroid dienone is 2. The lowest BCUT2D eigenvalue weighted by Crippen LogP contribution is -1.95. The van der Waals surface area contributed by atoms with Crippen LogP contribution in [0.3, 0.4) is 0 Å². The molecule has 1 rings (SSSR count).